The largest absolute Gasteiger partial charge is 0.396 e. The molecule has 2 N–H and O–H groups in total. The molecular formula is C13H25N3OS. The number of hydrogen-bond donors (Lipinski definition) is 2. The summed E-state index contributed by atoms with van der Waals surface area (Å²) >= 11 is 1.81. The van der Waals surface area contributed by atoms with Crippen molar-refractivity contribution in [3.63, 3.8) is 0 Å². The number of aromatic nitrogens is 2. The summed E-state index contributed by atoms with van der Waals surface area (Å²) in [5.41, 5.74) is 3.64. The van der Waals surface area contributed by atoms with E-state index in [0.29, 0.717) is 6.04 Å². The third-order valence-electron chi connectivity index (χ3n) is 3.24. The van der Waals surface area contributed by atoms with Crippen molar-refractivity contribution in [1.29, 1.82) is 0 Å². The number of aryl methyl sites for hydroxylation is 2. The highest BCUT2D eigenvalue weighted by Gasteiger charge is 2.13. The fourth-order valence-corrected chi connectivity index (χ4v) is 2.83. The Morgan fingerprint density at radius 2 is 2.17 bits per heavy atom. The van der Waals surface area contributed by atoms with Crippen LogP contribution in [-0.4, -0.2) is 39.5 Å². The molecule has 0 aliphatic rings. The molecule has 0 saturated carbocycles. The third kappa shape index (κ3) is 4.00. The quantitative estimate of drug-likeness (QED) is 0.756. The summed E-state index contributed by atoms with van der Waals surface area (Å²) in [6, 6.07) is 0.369. The van der Waals surface area contributed by atoms with Gasteiger partial charge in [-0.15, -0.1) is 0 Å². The second kappa shape index (κ2) is 7.81. The van der Waals surface area contributed by atoms with Crippen molar-refractivity contribution >= 4 is 11.8 Å². The van der Waals surface area contributed by atoms with E-state index in [1.807, 2.05) is 16.4 Å². The van der Waals surface area contributed by atoms with Gasteiger partial charge in [-0.3, -0.25) is 4.68 Å². The van der Waals surface area contributed by atoms with Gasteiger partial charge in [-0.2, -0.15) is 16.9 Å². The van der Waals surface area contributed by atoms with E-state index in [1.54, 1.807) is 0 Å². The van der Waals surface area contributed by atoms with Gasteiger partial charge in [0.1, 0.15) is 0 Å². The monoisotopic (exact) mass is 271 g/mol. The number of nitrogens with zero attached hydrogens (tertiary/aromatic N) is 2. The van der Waals surface area contributed by atoms with Crippen LogP contribution >= 0.6 is 11.8 Å². The molecule has 0 aliphatic heterocycles. The molecule has 0 fully saturated rings. The van der Waals surface area contributed by atoms with E-state index < -0.39 is 0 Å². The smallest absolute Gasteiger partial charge is 0.0641 e. The van der Waals surface area contributed by atoms with Gasteiger partial charge in [0, 0.05) is 42.7 Å². The van der Waals surface area contributed by atoms with E-state index in [9.17, 15) is 0 Å². The molecule has 0 aliphatic carbocycles. The standard InChI is InChI=1S/C13H25N3OS/c1-5-16-11(3)13(10(2)15-16)8-14-12(6-7-17)9-18-4/h12,14,17H,5-9H2,1-4H3. The number of hydrogen-bond acceptors (Lipinski definition) is 4. The highest BCUT2D eigenvalue weighted by molar-refractivity contribution is 7.98. The minimum Gasteiger partial charge on any atom is -0.396 e. The van der Waals surface area contributed by atoms with Gasteiger partial charge in [0.25, 0.3) is 0 Å². The molecule has 0 amide bonds. The highest BCUT2D eigenvalue weighted by atomic mass is 32.2. The minimum absolute atomic E-state index is 0.240. The maximum absolute atomic E-state index is 9.05. The van der Waals surface area contributed by atoms with Crippen molar-refractivity contribution in [1.82, 2.24) is 15.1 Å². The number of aliphatic hydroxyl groups excluding tert-OH is 1. The molecule has 0 saturated heterocycles. The van der Waals surface area contributed by atoms with E-state index in [-0.39, 0.29) is 6.61 Å². The minimum atomic E-state index is 0.240. The Kier molecular flexibility index (Phi) is 6.75. The van der Waals surface area contributed by atoms with Gasteiger partial charge >= 0.3 is 0 Å². The Balaban J connectivity index is 2.63. The average molecular weight is 271 g/mol. The summed E-state index contributed by atoms with van der Waals surface area (Å²) in [6.07, 6.45) is 2.90. The lowest BCUT2D eigenvalue weighted by Gasteiger charge is -2.16. The number of nitrogens with one attached hydrogen (secondary N) is 1. The first-order valence-electron chi connectivity index (χ1n) is 6.50. The number of rotatable bonds is 8. The Morgan fingerprint density at radius 3 is 2.67 bits per heavy atom. The molecule has 1 aromatic heterocycles. The lowest BCUT2D eigenvalue weighted by Crippen LogP contribution is -2.32. The second-order valence-corrected chi connectivity index (χ2v) is 5.42. The van der Waals surface area contributed by atoms with Crippen LogP contribution in [0.25, 0.3) is 0 Å². The molecule has 0 aromatic carbocycles. The van der Waals surface area contributed by atoms with E-state index in [0.717, 1.165) is 31.0 Å². The van der Waals surface area contributed by atoms with Crippen molar-refractivity contribution in [2.75, 3.05) is 18.6 Å². The van der Waals surface area contributed by atoms with E-state index in [2.05, 4.69) is 37.4 Å². The molecule has 1 unspecified atom stereocenters. The summed E-state index contributed by atoms with van der Waals surface area (Å²) in [4.78, 5) is 0. The van der Waals surface area contributed by atoms with Crippen LogP contribution in [-0.2, 0) is 13.1 Å². The second-order valence-electron chi connectivity index (χ2n) is 4.51. The Labute approximate surface area is 114 Å². The van der Waals surface area contributed by atoms with Crippen molar-refractivity contribution in [3.05, 3.63) is 17.0 Å². The highest BCUT2D eigenvalue weighted by Crippen LogP contribution is 2.13. The average Bonchev–Trinajstić information content (AvgIpc) is 2.62. The zero-order chi connectivity index (χ0) is 13.5. The molecule has 1 aromatic rings. The molecule has 0 spiro atoms. The predicted octanol–water partition coefficient (Wildman–Crippen LogP) is 1.72. The Morgan fingerprint density at radius 1 is 1.44 bits per heavy atom. The van der Waals surface area contributed by atoms with E-state index in [4.69, 9.17) is 5.11 Å². The van der Waals surface area contributed by atoms with Crippen molar-refractivity contribution in [2.45, 2.75) is 46.3 Å². The zero-order valence-corrected chi connectivity index (χ0v) is 12.7. The molecule has 4 nitrogen and oxygen atoms in total. The zero-order valence-electron chi connectivity index (χ0n) is 11.9. The normalized spacial score (nSPS) is 12.9. The fraction of sp³-hybridized carbons (Fsp3) is 0.769. The van der Waals surface area contributed by atoms with Crippen molar-refractivity contribution in [3.8, 4) is 0 Å². The fourth-order valence-electron chi connectivity index (χ4n) is 2.15. The van der Waals surface area contributed by atoms with Gasteiger partial charge in [-0.05, 0) is 33.4 Å². The summed E-state index contributed by atoms with van der Waals surface area (Å²) < 4.78 is 2.04. The molecule has 1 rings (SSSR count). The molecule has 5 heteroatoms. The molecule has 0 radical (unpaired) electrons. The lowest BCUT2D eigenvalue weighted by molar-refractivity contribution is 0.269. The van der Waals surface area contributed by atoms with Crippen LogP contribution in [0.3, 0.4) is 0 Å². The first-order chi connectivity index (χ1) is 8.63. The van der Waals surface area contributed by atoms with Gasteiger partial charge in [-0.25, -0.2) is 0 Å². The number of aliphatic hydroxyl groups is 1. The van der Waals surface area contributed by atoms with Crippen LogP contribution in [0.2, 0.25) is 0 Å². The summed E-state index contributed by atoms with van der Waals surface area (Å²) in [7, 11) is 0. The molecule has 1 atom stereocenters. The van der Waals surface area contributed by atoms with Crippen LogP contribution < -0.4 is 5.32 Å². The first kappa shape index (κ1) is 15.5. The third-order valence-corrected chi connectivity index (χ3v) is 3.98. The molecule has 18 heavy (non-hydrogen) atoms. The predicted molar refractivity (Wildman–Crippen MR) is 78.1 cm³/mol. The summed E-state index contributed by atoms with van der Waals surface area (Å²) in [5, 5.41) is 17.1. The lowest BCUT2D eigenvalue weighted by atomic mass is 10.1. The van der Waals surface area contributed by atoms with Gasteiger partial charge < -0.3 is 10.4 Å². The van der Waals surface area contributed by atoms with Crippen molar-refractivity contribution in [2.24, 2.45) is 0 Å². The van der Waals surface area contributed by atoms with E-state index in [1.165, 1.54) is 11.3 Å². The maximum atomic E-state index is 9.05. The molecular weight excluding hydrogens is 246 g/mol. The molecule has 1 heterocycles. The van der Waals surface area contributed by atoms with Gasteiger partial charge in [0.05, 0.1) is 5.69 Å². The van der Waals surface area contributed by atoms with Crippen LogP contribution in [0.1, 0.15) is 30.3 Å². The van der Waals surface area contributed by atoms with Crippen LogP contribution in [0, 0.1) is 13.8 Å². The van der Waals surface area contributed by atoms with Crippen LogP contribution in [0.5, 0.6) is 0 Å². The summed E-state index contributed by atoms with van der Waals surface area (Å²) in [5.74, 6) is 1.03. The molecule has 0 bridgehead atoms. The number of thioether (sulfide) groups is 1. The van der Waals surface area contributed by atoms with E-state index >= 15 is 0 Å². The van der Waals surface area contributed by atoms with Gasteiger partial charge in [0.15, 0.2) is 0 Å². The Hall–Kier alpha value is -0.520. The Bertz CT molecular complexity index is 359. The van der Waals surface area contributed by atoms with Gasteiger partial charge in [0.2, 0.25) is 0 Å². The van der Waals surface area contributed by atoms with Crippen LogP contribution in [0.15, 0.2) is 0 Å². The van der Waals surface area contributed by atoms with Crippen LogP contribution in [0.4, 0.5) is 0 Å². The first-order valence-corrected chi connectivity index (χ1v) is 7.89. The topological polar surface area (TPSA) is 50.1 Å². The maximum Gasteiger partial charge on any atom is 0.0641 e. The molecule has 104 valence electrons. The summed E-state index contributed by atoms with van der Waals surface area (Å²) in [6.45, 7) is 8.28. The van der Waals surface area contributed by atoms with Crippen molar-refractivity contribution < 1.29 is 5.11 Å². The van der Waals surface area contributed by atoms with Gasteiger partial charge in [-0.1, -0.05) is 0 Å². The SMILES string of the molecule is CCn1nc(C)c(CNC(CCO)CSC)c1C.